The lowest BCUT2D eigenvalue weighted by Crippen LogP contribution is -2.38. The first-order valence-electron chi connectivity index (χ1n) is 8.17. The predicted molar refractivity (Wildman–Crippen MR) is 91.0 cm³/mol. The van der Waals surface area contributed by atoms with Crippen molar-refractivity contribution in [3.05, 3.63) is 52.0 Å². The molecule has 0 bridgehead atoms. The van der Waals surface area contributed by atoms with Gasteiger partial charge in [0.2, 0.25) is 0 Å². The summed E-state index contributed by atoms with van der Waals surface area (Å²) in [5, 5.41) is 1.97. The minimum Gasteiger partial charge on any atom is -0.379 e. The lowest BCUT2D eigenvalue weighted by molar-refractivity contribution is 0.00929. The van der Waals surface area contributed by atoms with E-state index in [-0.39, 0.29) is 24.0 Å². The van der Waals surface area contributed by atoms with Gasteiger partial charge in [0.1, 0.15) is 0 Å². The van der Waals surface area contributed by atoms with Crippen LogP contribution in [0.1, 0.15) is 20.8 Å². The first-order valence-corrected chi connectivity index (χ1v) is 9.05. The van der Waals surface area contributed by atoms with Gasteiger partial charge in [0.25, 0.3) is 5.91 Å². The maximum atomic E-state index is 12.9. The number of carbonyl (C=O) groups is 1. The van der Waals surface area contributed by atoms with Crippen molar-refractivity contribution in [1.82, 2.24) is 9.88 Å². The van der Waals surface area contributed by atoms with Gasteiger partial charge in [-0.1, -0.05) is 6.07 Å². The Balaban J connectivity index is 1.47. The zero-order valence-corrected chi connectivity index (χ0v) is 14.4. The fourth-order valence-electron chi connectivity index (χ4n) is 3.52. The summed E-state index contributed by atoms with van der Waals surface area (Å²) in [6, 6.07) is 6.03. The number of likely N-dealkylation sites (tertiary alicyclic amines) is 1. The fourth-order valence-corrected chi connectivity index (χ4v) is 4.40. The highest BCUT2D eigenvalue weighted by molar-refractivity contribution is 7.12. The van der Waals surface area contributed by atoms with Crippen molar-refractivity contribution in [2.24, 2.45) is 5.92 Å². The number of amides is 1. The zero-order valence-electron chi connectivity index (χ0n) is 13.6. The number of hydrogen-bond acceptors (Lipinski definition) is 5. The quantitative estimate of drug-likeness (QED) is 0.855. The van der Waals surface area contributed by atoms with Crippen LogP contribution in [0.4, 0.5) is 0 Å². The average molecular weight is 344 g/mol. The molecule has 2 aromatic heterocycles. The highest BCUT2D eigenvalue weighted by Gasteiger charge is 2.48. The zero-order chi connectivity index (χ0) is 16.5. The molecule has 2 saturated heterocycles. The predicted octanol–water partition coefficient (Wildman–Crippen LogP) is 2.51. The molecule has 0 saturated carbocycles. The molecule has 0 aliphatic carbocycles. The van der Waals surface area contributed by atoms with Gasteiger partial charge in [0.05, 0.1) is 36.8 Å². The summed E-state index contributed by atoms with van der Waals surface area (Å²) >= 11 is 1.51. The molecule has 6 heteroatoms. The molecule has 1 amide bonds. The van der Waals surface area contributed by atoms with Crippen LogP contribution in [0.25, 0.3) is 0 Å². The SMILES string of the molecule is Cc1ccsc1C(=O)N1C[C@H](OCc2cccnc2)[C@H]2COC[C@H]21. The number of thiophene rings is 1. The Labute approximate surface area is 145 Å². The van der Waals surface area contributed by atoms with Crippen LogP contribution in [0.3, 0.4) is 0 Å². The van der Waals surface area contributed by atoms with E-state index in [1.165, 1.54) is 11.3 Å². The standard InChI is InChI=1S/C18H20N2O3S/c1-12-4-6-24-17(12)18(21)20-8-16(14-10-22-11-15(14)20)23-9-13-3-2-5-19-7-13/h2-7,14-16H,8-11H2,1H3/t14-,15+,16-/m0/s1. The normalized spacial score (nSPS) is 25.9. The molecular formula is C18H20N2O3S. The van der Waals surface area contributed by atoms with Gasteiger partial charge in [-0.25, -0.2) is 0 Å². The molecule has 2 aliphatic rings. The summed E-state index contributed by atoms with van der Waals surface area (Å²) in [5.74, 6) is 0.362. The highest BCUT2D eigenvalue weighted by atomic mass is 32.1. The van der Waals surface area contributed by atoms with Crippen molar-refractivity contribution in [2.75, 3.05) is 19.8 Å². The number of hydrogen-bond donors (Lipinski definition) is 0. The van der Waals surface area contributed by atoms with Gasteiger partial charge in [-0.2, -0.15) is 0 Å². The van der Waals surface area contributed by atoms with Crippen molar-refractivity contribution < 1.29 is 14.3 Å². The third-order valence-corrected chi connectivity index (χ3v) is 5.86. The minimum atomic E-state index is 0.0157. The number of pyridine rings is 1. The average Bonchev–Trinajstić information content (AvgIpc) is 3.30. The molecule has 5 nitrogen and oxygen atoms in total. The van der Waals surface area contributed by atoms with Gasteiger partial charge in [0, 0.05) is 24.9 Å². The van der Waals surface area contributed by atoms with E-state index in [9.17, 15) is 4.79 Å². The summed E-state index contributed by atoms with van der Waals surface area (Å²) in [5.41, 5.74) is 2.09. The Kier molecular flexibility index (Phi) is 4.35. The largest absolute Gasteiger partial charge is 0.379 e. The van der Waals surface area contributed by atoms with Crippen LogP contribution in [0.2, 0.25) is 0 Å². The molecule has 0 radical (unpaired) electrons. The van der Waals surface area contributed by atoms with E-state index in [4.69, 9.17) is 9.47 Å². The van der Waals surface area contributed by atoms with Crippen LogP contribution in [-0.2, 0) is 16.1 Å². The Morgan fingerprint density at radius 3 is 3.12 bits per heavy atom. The second-order valence-corrected chi connectivity index (χ2v) is 7.29. The number of nitrogens with zero attached hydrogens (tertiary/aromatic N) is 2. The number of aromatic nitrogens is 1. The third kappa shape index (κ3) is 2.85. The molecule has 0 spiro atoms. The number of ether oxygens (including phenoxy) is 2. The maximum Gasteiger partial charge on any atom is 0.264 e. The van der Waals surface area contributed by atoms with Crippen LogP contribution in [0, 0.1) is 12.8 Å². The summed E-state index contributed by atoms with van der Waals surface area (Å²) in [4.78, 5) is 19.8. The first kappa shape index (κ1) is 15.7. The Morgan fingerprint density at radius 1 is 1.46 bits per heavy atom. The van der Waals surface area contributed by atoms with Crippen molar-refractivity contribution in [3.8, 4) is 0 Å². The van der Waals surface area contributed by atoms with E-state index in [0.29, 0.717) is 26.4 Å². The maximum absolute atomic E-state index is 12.9. The summed E-state index contributed by atoms with van der Waals surface area (Å²) in [6.07, 6.45) is 3.58. The second kappa shape index (κ2) is 6.63. The highest BCUT2D eigenvalue weighted by Crippen LogP contribution is 2.34. The van der Waals surface area contributed by atoms with Crippen molar-refractivity contribution in [2.45, 2.75) is 25.7 Å². The van der Waals surface area contributed by atoms with E-state index in [1.54, 1.807) is 6.20 Å². The molecule has 2 aromatic rings. The summed E-state index contributed by atoms with van der Waals surface area (Å²) in [7, 11) is 0. The smallest absolute Gasteiger partial charge is 0.264 e. The number of fused-ring (bicyclic) bond motifs is 1. The van der Waals surface area contributed by atoms with E-state index < -0.39 is 0 Å². The van der Waals surface area contributed by atoms with E-state index in [2.05, 4.69) is 4.98 Å². The number of carbonyl (C=O) groups excluding carboxylic acids is 1. The molecule has 0 unspecified atom stereocenters. The molecule has 126 valence electrons. The summed E-state index contributed by atoms with van der Waals surface area (Å²) < 4.78 is 11.8. The van der Waals surface area contributed by atoms with Crippen LogP contribution < -0.4 is 0 Å². The molecule has 3 atom stereocenters. The fraction of sp³-hybridized carbons (Fsp3) is 0.444. The lowest BCUT2D eigenvalue weighted by Gasteiger charge is -2.22. The monoisotopic (exact) mass is 344 g/mol. The van der Waals surface area contributed by atoms with E-state index >= 15 is 0 Å². The Hall–Kier alpha value is -1.76. The van der Waals surface area contributed by atoms with Gasteiger partial charge in [-0.3, -0.25) is 9.78 Å². The number of rotatable bonds is 4. The van der Waals surface area contributed by atoms with Crippen LogP contribution in [0.15, 0.2) is 36.0 Å². The lowest BCUT2D eigenvalue weighted by atomic mass is 10.0. The molecule has 0 aromatic carbocycles. The van der Waals surface area contributed by atoms with Crippen molar-refractivity contribution in [3.63, 3.8) is 0 Å². The van der Waals surface area contributed by atoms with Gasteiger partial charge in [-0.15, -0.1) is 11.3 Å². The van der Waals surface area contributed by atoms with Gasteiger partial charge >= 0.3 is 0 Å². The summed E-state index contributed by atoms with van der Waals surface area (Å²) in [6.45, 7) is 4.40. The molecular weight excluding hydrogens is 324 g/mol. The van der Waals surface area contributed by atoms with Gasteiger partial charge in [0.15, 0.2) is 0 Å². The molecule has 2 aliphatic heterocycles. The van der Waals surface area contributed by atoms with Crippen molar-refractivity contribution in [1.29, 1.82) is 0 Å². The topological polar surface area (TPSA) is 51.7 Å². The van der Waals surface area contributed by atoms with Crippen LogP contribution in [0.5, 0.6) is 0 Å². The Bertz CT molecular complexity index is 718. The minimum absolute atomic E-state index is 0.0157. The van der Waals surface area contributed by atoms with Gasteiger partial charge < -0.3 is 14.4 Å². The molecule has 4 rings (SSSR count). The Morgan fingerprint density at radius 2 is 2.38 bits per heavy atom. The van der Waals surface area contributed by atoms with Crippen LogP contribution >= 0.6 is 11.3 Å². The molecule has 24 heavy (non-hydrogen) atoms. The second-order valence-electron chi connectivity index (χ2n) is 6.37. The number of aryl methyl sites for hydroxylation is 1. The third-order valence-electron chi connectivity index (χ3n) is 4.85. The van der Waals surface area contributed by atoms with Gasteiger partial charge in [-0.05, 0) is 35.6 Å². The molecule has 4 heterocycles. The molecule has 2 fully saturated rings. The van der Waals surface area contributed by atoms with E-state index in [1.807, 2.05) is 41.6 Å². The van der Waals surface area contributed by atoms with Crippen LogP contribution in [-0.4, -0.2) is 47.7 Å². The van der Waals surface area contributed by atoms with E-state index in [0.717, 1.165) is 16.0 Å². The van der Waals surface area contributed by atoms with Crippen molar-refractivity contribution >= 4 is 17.2 Å². The molecule has 0 N–H and O–H groups in total. The first-order chi connectivity index (χ1) is 11.7.